The number of hydrogen-bond donors (Lipinski definition) is 9. The quantitative estimate of drug-likeness (QED) is 0.0597. The van der Waals surface area contributed by atoms with Gasteiger partial charge >= 0.3 is 10.6 Å². The van der Waals surface area contributed by atoms with Crippen molar-refractivity contribution in [2.24, 2.45) is 10.2 Å². The van der Waals surface area contributed by atoms with Crippen LogP contribution in [-0.2, 0) is 51.1 Å². The normalized spacial score (nSPS) is 12.1. The maximum atomic E-state index is 12.6. The van der Waals surface area contributed by atoms with Crippen LogP contribution in [0.5, 0.6) is 5.75 Å². The number of nitrogens with two attached hydrogens (primary N) is 1. The number of azo groups is 1. The first-order valence-electron chi connectivity index (χ1n) is 17.1. The molecule has 5 aromatic carbocycles. The van der Waals surface area contributed by atoms with Crippen LogP contribution in [0.15, 0.2) is 103 Å². The van der Waals surface area contributed by atoms with E-state index in [1.54, 1.807) is 0 Å². The molecule has 0 spiro atoms. The third-order valence-electron chi connectivity index (χ3n) is 8.33. The average molecular weight is 1060 g/mol. The van der Waals surface area contributed by atoms with Crippen LogP contribution in [0.3, 0.4) is 0 Å². The Morgan fingerprint density at radius 3 is 1.73 bits per heavy atom. The maximum absolute atomic E-state index is 12.6. The van der Waals surface area contributed by atoms with Crippen molar-refractivity contribution in [2.45, 2.75) is 19.6 Å². The number of fused-ring (bicyclic) bond motifs is 2. The van der Waals surface area contributed by atoms with Crippen molar-refractivity contribution in [1.29, 1.82) is 0 Å². The summed E-state index contributed by atoms with van der Waals surface area (Å²) in [7, 11) is -22.9. The number of rotatable bonds is 12. The molecule has 0 fully saturated rings. The molecule has 7 aromatic rings. The van der Waals surface area contributed by atoms with Crippen molar-refractivity contribution in [2.75, 3.05) is 21.7 Å². The summed E-state index contributed by atoms with van der Waals surface area (Å²) in [5.74, 6) is -2.08. The van der Waals surface area contributed by atoms with Gasteiger partial charge in [0.1, 0.15) is 26.1 Å². The fourth-order valence-electron chi connectivity index (χ4n) is 5.89. The summed E-state index contributed by atoms with van der Waals surface area (Å²) in [6.07, 6.45) is 0. The lowest BCUT2D eigenvalue weighted by Crippen LogP contribution is -2.08. The van der Waals surface area contributed by atoms with E-state index in [1.165, 1.54) is 12.1 Å². The Balaban J connectivity index is 0.00000178. The number of aromatic nitrogens is 6. The molecule has 0 bridgehead atoms. The van der Waals surface area contributed by atoms with Crippen LogP contribution in [0.1, 0.15) is 0 Å². The van der Waals surface area contributed by atoms with Crippen LogP contribution < -0.4 is 21.7 Å². The Morgan fingerprint density at radius 2 is 1.13 bits per heavy atom. The molecule has 28 nitrogen and oxygen atoms in total. The van der Waals surface area contributed by atoms with Gasteiger partial charge in [0.15, 0.2) is 5.75 Å². The fraction of sp³-hybridized carbons (Fsp3) is 0. The Labute approximate surface area is 386 Å². The second-order valence-electron chi connectivity index (χ2n) is 12.7. The minimum atomic E-state index is -5.16. The number of nitrogens with one attached hydrogen (secondary N) is 3. The standard InChI is InChI=1S/C32H22Cl2N12O13S4.O3S/c33-27-39-29(35)43-31(40-27)37-20-11-14(5-9-23(20)62(54,55)56)36-30-41-28(34)42-32(44-30)38-21-12-15(60(48,49)50)10-13-4-7-18(25(47)24(13)21)45-46-19-8-6-16-17(26(19)63(57,58)59)2-1-3-22(16)61(51,52)53;1-4(2)3/h1-12,47H,(H,48,49,50)(H,51,52,53)(H,54,55,56)(H,57,58,59)(H3,35,37,39,40,43)(H2,36,38,41,42,44);. The lowest BCUT2D eigenvalue weighted by Gasteiger charge is -2.14. The number of nitrogens with zero attached hydrogens (tertiary/aromatic N) is 8. The molecule has 0 unspecified atom stereocenters. The molecule has 0 aliphatic heterocycles. The molecule has 7 rings (SSSR count). The van der Waals surface area contributed by atoms with Crippen LogP contribution in [0.4, 0.5) is 52.2 Å². The van der Waals surface area contributed by atoms with E-state index < -0.39 is 93.3 Å². The highest BCUT2D eigenvalue weighted by Gasteiger charge is 2.25. The van der Waals surface area contributed by atoms with E-state index in [9.17, 15) is 57.0 Å². The number of nitrogen functional groups attached to an aromatic ring is 1. The number of phenols is 1. The van der Waals surface area contributed by atoms with Crippen LogP contribution in [0.25, 0.3) is 21.5 Å². The second kappa shape index (κ2) is 18.8. The third-order valence-corrected chi connectivity index (χ3v) is 12.3. The van der Waals surface area contributed by atoms with Crippen LogP contribution in [0.2, 0.25) is 10.6 Å². The fourth-order valence-corrected chi connectivity index (χ4v) is 8.93. The lowest BCUT2D eigenvalue weighted by molar-refractivity contribution is 0.480. The zero-order chi connectivity index (χ0) is 49.4. The summed E-state index contributed by atoms with van der Waals surface area (Å²) in [6.45, 7) is 0. The average Bonchev–Trinajstić information content (AvgIpc) is 3.17. The van der Waals surface area contributed by atoms with Crippen LogP contribution in [-0.4, -0.2) is 99.5 Å². The molecule has 0 aliphatic rings. The summed E-state index contributed by atoms with van der Waals surface area (Å²) in [5.41, 5.74) is 4.14. The Morgan fingerprint density at radius 1 is 0.567 bits per heavy atom. The van der Waals surface area contributed by atoms with Crippen molar-refractivity contribution in [3.05, 3.63) is 83.4 Å². The molecular formula is C32H22Cl2N12O16S5. The smallest absolute Gasteiger partial charge is 0.425 e. The molecule has 0 radical (unpaired) electrons. The van der Waals surface area contributed by atoms with Crippen molar-refractivity contribution >= 4 is 148 Å². The molecule has 2 aromatic heterocycles. The Hall–Kier alpha value is -6.92. The summed E-state index contributed by atoms with van der Waals surface area (Å²) in [5, 5.41) is 25.6. The van der Waals surface area contributed by atoms with E-state index >= 15 is 0 Å². The summed E-state index contributed by atoms with van der Waals surface area (Å²) in [6, 6.07) is 12.9. The Bertz CT molecular complexity index is 3800. The van der Waals surface area contributed by atoms with Gasteiger partial charge in [-0.3, -0.25) is 18.2 Å². The predicted octanol–water partition coefficient (Wildman–Crippen LogP) is 4.59. The lowest BCUT2D eigenvalue weighted by atomic mass is 10.1. The number of benzene rings is 5. The molecule has 0 amide bonds. The summed E-state index contributed by atoms with van der Waals surface area (Å²) < 4.78 is 163. The van der Waals surface area contributed by atoms with Crippen molar-refractivity contribution < 1.29 is 69.6 Å². The molecule has 67 heavy (non-hydrogen) atoms. The van der Waals surface area contributed by atoms with Gasteiger partial charge in [-0.1, -0.05) is 24.3 Å². The zero-order valence-corrected chi connectivity index (χ0v) is 37.7. The van der Waals surface area contributed by atoms with Gasteiger partial charge in [-0.05, 0) is 77.1 Å². The highest BCUT2D eigenvalue weighted by molar-refractivity contribution is 7.87. The third kappa shape index (κ3) is 11.9. The summed E-state index contributed by atoms with van der Waals surface area (Å²) >= 11 is 12.0. The van der Waals surface area contributed by atoms with Crippen molar-refractivity contribution in [1.82, 2.24) is 29.9 Å². The predicted molar refractivity (Wildman–Crippen MR) is 233 cm³/mol. The molecule has 10 N–H and O–H groups in total. The van der Waals surface area contributed by atoms with Crippen molar-refractivity contribution in [3.8, 4) is 5.75 Å². The van der Waals surface area contributed by atoms with E-state index in [0.717, 1.165) is 60.7 Å². The first-order valence-corrected chi connectivity index (χ1v) is 24.6. The SMILES string of the molecule is Nc1nc(Cl)nc(Nc2cc(Nc3nc(Cl)nc(Nc4cc(S(=O)(=O)O)cc5ccc(N=Nc6ccc7c(S(=O)(=O)O)cccc7c6S(=O)(=O)O)c(O)c45)n3)ccc2S(=O)(=O)O)n1.O=S(=O)=O. The van der Waals surface area contributed by atoms with Gasteiger partial charge in [0.25, 0.3) is 40.5 Å². The molecule has 350 valence electrons. The number of anilines is 7. The molecule has 0 saturated heterocycles. The van der Waals surface area contributed by atoms with E-state index in [-0.39, 0.29) is 67.4 Å². The van der Waals surface area contributed by atoms with Crippen molar-refractivity contribution in [3.63, 3.8) is 0 Å². The van der Waals surface area contributed by atoms with Gasteiger partial charge in [0, 0.05) is 21.8 Å². The molecule has 0 saturated carbocycles. The Kier molecular flexibility index (Phi) is 13.9. The van der Waals surface area contributed by atoms with E-state index in [2.05, 4.69) is 56.1 Å². The van der Waals surface area contributed by atoms with Gasteiger partial charge in [0.05, 0.1) is 16.3 Å². The minimum Gasteiger partial charge on any atom is -0.505 e. The topological polar surface area (TPSA) is 453 Å². The van der Waals surface area contributed by atoms with E-state index in [0.29, 0.717) is 0 Å². The zero-order valence-electron chi connectivity index (χ0n) is 32.1. The van der Waals surface area contributed by atoms with Gasteiger partial charge < -0.3 is 26.8 Å². The largest absolute Gasteiger partial charge is 0.505 e. The highest BCUT2D eigenvalue weighted by atomic mass is 35.5. The minimum absolute atomic E-state index is 0.0372. The number of phenolic OH excluding ortho intramolecular Hbond substituents is 1. The molecule has 0 atom stereocenters. The number of hydrogen-bond acceptors (Lipinski definition) is 24. The highest BCUT2D eigenvalue weighted by Crippen LogP contribution is 2.43. The second-order valence-corrected chi connectivity index (χ2v) is 19.3. The van der Waals surface area contributed by atoms with Gasteiger partial charge in [0.2, 0.25) is 34.4 Å². The monoisotopic (exact) mass is 1060 g/mol. The number of halogens is 2. The van der Waals surface area contributed by atoms with Crippen LogP contribution in [0, 0.1) is 0 Å². The van der Waals surface area contributed by atoms with Gasteiger partial charge in [-0.2, -0.15) is 63.6 Å². The number of aromatic hydroxyl groups is 1. The molecule has 0 aliphatic carbocycles. The molecular weight excluding hydrogens is 1040 g/mol. The molecule has 2 heterocycles. The van der Waals surface area contributed by atoms with E-state index in [1.807, 2.05) is 0 Å². The summed E-state index contributed by atoms with van der Waals surface area (Å²) in [4.78, 5) is 20.4. The maximum Gasteiger partial charge on any atom is 0.425 e. The van der Waals surface area contributed by atoms with E-state index in [4.69, 9.17) is 41.6 Å². The first kappa shape index (κ1) is 49.5. The molecule has 35 heteroatoms. The van der Waals surface area contributed by atoms with Crippen LogP contribution >= 0.6 is 23.2 Å². The first-order chi connectivity index (χ1) is 31.1. The van der Waals surface area contributed by atoms with Gasteiger partial charge in [-0.15, -0.1) is 22.9 Å². The van der Waals surface area contributed by atoms with Gasteiger partial charge in [-0.25, -0.2) is 0 Å².